The highest BCUT2D eigenvalue weighted by atomic mass is 16.6. The van der Waals surface area contributed by atoms with Gasteiger partial charge in [0.1, 0.15) is 5.60 Å². The molecule has 1 aliphatic heterocycles. The van der Waals surface area contributed by atoms with Crippen LogP contribution >= 0.6 is 0 Å². The molecule has 1 fully saturated rings. The van der Waals surface area contributed by atoms with Gasteiger partial charge in [0.25, 0.3) is 5.91 Å². The van der Waals surface area contributed by atoms with Crippen LogP contribution in [-0.4, -0.2) is 43.3 Å². The maximum Gasteiger partial charge on any atom is 0.407 e. The second kappa shape index (κ2) is 11.5. The van der Waals surface area contributed by atoms with Crippen molar-refractivity contribution in [2.75, 3.05) is 29.9 Å². The van der Waals surface area contributed by atoms with Crippen molar-refractivity contribution < 1.29 is 23.9 Å². The minimum Gasteiger partial charge on any atom is -0.452 e. The molecule has 34 heavy (non-hydrogen) atoms. The highest BCUT2D eigenvalue weighted by Crippen LogP contribution is 2.21. The number of carbonyl (C=O) groups excluding carboxylic acids is 3. The number of anilines is 2. The van der Waals surface area contributed by atoms with E-state index < -0.39 is 23.6 Å². The van der Waals surface area contributed by atoms with Gasteiger partial charge in [0, 0.05) is 31.0 Å². The first-order valence-electron chi connectivity index (χ1n) is 11.6. The molecule has 1 heterocycles. The fraction of sp³-hybridized carbons (Fsp3) is 0.423. The number of hydrogen-bond donors (Lipinski definition) is 2. The lowest BCUT2D eigenvalue weighted by atomic mass is 10.1. The standard InChI is InChI=1S/C26H33N3O5/c1-26(2,3)34-25(32)27-17-19-7-9-20(10-8-19)24(31)33-18-23(30)28-21-11-13-22(14-12-21)29-15-5-4-6-16-29/h7-14H,4-6,15-18H2,1-3H3,(H,27,32)(H,28,30). The normalized spacial score (nSPS) is 13.7. The van der Waals surface area contributed by atoms with Crippen molar-refractivity contribution in [3.05, 3.63) is 59.7 Å². The van der Waals surface area contributed by atoms with Crippen LogP contribution in [0.4, 0.5) is 16.2 Å². The van der Waals surface area contributed by atoms with Gasteiger partial charge in [0.05, 0.1) is 5.56 Å². The summed E-state index contributed by atoms with van der Waals surface area (Å²) < 4.78 is 10.3. The second-order valence-electron chi connectivity index (χ2n) is 9.27. The Bertz CT molecular complexity index is 975. The van der Waals surface area contributed by atoms with Gasteiger partial charge in [-0.15, -0.1) is 0 Å². The lowest BCUT2D eigenvalue weighted by molar-refractivity contribution is -0.119. The Morgan fingerprint density at radius 3 is 2.18 bits per heavy atom. The third-order valence-corrected chi connectivity index (χ3v) is 5.23. The summed E-state index contributed by atoms with van der Waals surface area (Å²) in [7, 11) is 0. The van der Waals surface area contributed by atoms with E-state index in [1.54, 1.807) is 45.0 Å². The number of alkyl carbamates (subject to hydrolysis) is 1. The molecule has 182 valence electrons. The summed E-state index contributed by atoms with van der Waals surface area (Å²) in [4.78, 5) is 38.5. The first kappa shape index (κ1) is 25.1. The molecule has 2 aromatic carbocycles. The average Bonchev–Trinajstić information content (AvgIpc) is 2.81. The Morgan fingerprint density at radius 2 is 1.56 bits per heavy atom. The average molecular weight is 468 g/mol. The molecule has 0 bridgehead atoms. The maximum atomic E-state index is 12.3. The number of rotatable bonds is 7. The summed E-state index contributed by atoms with van der Waals surface area (Å²) in [5.41, 5.74) is 2.35. The molecule has 0 aliphatic carbocycles. The molecule has 3 rings (SSSR count). The number of nitrogens with one attached hydrogen (secondary N) is 2. The summed E-state index contributed by atoms with van der Waals surface area (Å²) in [6, 6.07) is 14.3. The van der Waals surface area contributed by atoms with E-state index in [0.717, 1.165) is 24.3 Å². The number of ether oxygens (including phenoxy) is 2. The number of amides is 2. The van der Waals surface area contributed by atoms with Gasteiger partial charge in [-0.2, -0.15) is 0 Å². The zero-order valence-corrected chi connectivity index (χ0v) is 20.1. The zero-order chi connectivity index (χ0) is 24.6. The predicted octanol–water partition coefficient (Wildman–Crippen LogP) is 4.50. The summed E-state index contributed by atoms with van der Waals surface area (Å²) in [6.07, 6.45) is 3.17. The fourth-order valence-electron chi connectivity index (χ4n) is 3.57. The molecule has 0 aromatic heterocycles. The number of benzene rings is 2. The number of esters is 1. The Morgan fingerprint density at radius 1 is 0.912 bits per heavy atom. The molecule has 8 nitrogen and oxygen atoms in total. The van der Waals surface area contributed by atoms with Gasteiger partial charge in [-0.05, 0) is 82.0 Å². The maximum absolute atomic E-state index is 12.3. The van der Waals surface area contributed by atoms with Gasteiger partial charge in [0.2, 0.25) is 0 Å². The van der Waals surface area contributed by atoms with Crippen LogP contribution in [0.3, 0.4) is 0 Å². The Kier molecular flexibility index (Phi) is 8.51. The molecule has 0 radical (unpaired) electrons. The zero-order valence-electron chi connectivity index (χ0n) is 20.1. The highest BCUT2D eigenvalue weighted by Gasteiger charge is 2.16. The Hall–Kier alpha value is -3.55. The van der Waals surface area contributed by atoms with E-state index >= 15 is 0 Å². The second-order valence-corrected chi connectivity index (χ2v) is 9.27. The van der Waals surface area contributed by atoms with Gasteiger partial charge >= 0.3 is 12.1 Å². The third kappa shape index (κ3) is 8.10. The van der Waals surface area contributed by atoms with Crippen LogP contribution in [-0.2, 0) is 20.8 Å². The fourth-order valence-corrected chi connectivity index (χ4v) is 3.57. The third-order valence-electron chi connectivity index (χ3n) is 5.23. The Labute approximate surface area is 200 Å². The van der Waals surface area contributed by atoms with Crippen LogP contribution in [0.25, 0.3) is 0 Å². The molecule has 2 N–H and O–H groups in total. The van der Waals surface area contributed by atoms with Crippen molar-refractivity contribution in [2.45, 2.75) is 52.2 Å². The molecule has 0 saturated carbocycles. The first-order chi connectivity index (χ1) is 16.2. The van der Waals surface area contributed by atoms with Crippen molar-refractivity contribution in [1.29, 1.82) is 0 Å². The van der Waals surface area contributed by atoms with E-state index in [2.05, 4.69) is 15.5 Å². The first-order valence-corrected chi connectivity index (χ1v) is 11.6. The molecule has 8 heteroatoms. The molecule has 2 aromatic rings. The minimum absolute atomic E-state index is 0.267. The molecular weight excluding hydrogens is 434 g/mol. The van der Waals surface area contributed by atoms with Gasteiger partial charge in [0.15, 0.2) is 6.61 Å². The SMILES string of the molecule is CC(C)(C)OC(=O)NCc1ccc(C(=O)OCC(=O)Nc2ccc(N3CCCCC3)cc2)cc1. The van der Waals surface area contributed by atoms with Crippen molar-refractivity contribution >= 4 is 29.3 Å². The minimum atomic E-state index is -0.595. The number of carbonyl (C=O) groups is 3. The predicted molar refractivity (Wildman–Crippen MR) is 131 cm³/mol. The van der Waals surface area contributed by atoms with Crippen LogP contribution < -0.4 is 15.5 Å². The number of piperidine rings is 1. The van der Waals surface area contributed by atoms with E-state index in [1.807, 2.05) is 24.3 Å². The summed E-state index contributed by atoms with van der Waals surface area (Å²) >= 11 is 0. The molecule has 0 spiro atoms. The van der Waals surface area contributed by atoms with Crippen LogP contribution in [0.2, 0.25) is 0 Å². The van der Waals surface area contributed by atoms with Crippen molar-refractivity contribution in [1.82, 2.24) is 5.32 Å². The van der Waals surface area contributed by atoms with E-state index in [4.69, 9.17) is 9.47 Å². The molecule has 0 atom stereocenters. The molecule has 1 aliphatic rings. The van der Waals surface area contributed by atoms with E-state index in [1.165, 1.54) is 19.3 Å². The van der Waals surface area contributed by atoms with Crippen molar-refractivity contribution in [3.8, 4) is 0 Å². The van der Waals surface area contributed by atoms with Gasteiger partial charge < -0.3 is 25.0 Å². The van der Waals surface area contributed by atoms with E-state index in [0.29, 0.717) is 11.3 Å². The van der Waals surface area contributed by atoms with Crippen LogP contribution in [0.5, 0.6) is 0 Å². The van der Waals surface area contributed by atoms with Crippen molar-refractivity contribution in [3.63, 3.8) is 0 Å². The largest absolute Gasteiger partial charge is 0.452 e. The monoisotopic (exact) mass is 467 g/mol. The van der Waals surface area contributed by atoms with Crippen LogP contribution in [0, 0.1) is 0 Å². The number of hydrogen-bond acceptors (Lipinski definition) is 6. The van der Waals surface area contributed by atoms with E-state index in [9.17, 15) is 14.4 Å². The van der Waals surface area contributed by atoms with Crippen LogP contribution in [0.1, 0.15) is 56.0 Å². The molecule has 1 saturated heterocycles. The lowest BCUT2D eigenvalue weighted by Gasteiger charge is -2.28. The van der Waals surface area contributed by atoms with Crippen molar-refractivity contribution in [2.24, 2.45) is 0 Å². The molecule has 2 amide bonds. The molecular formula is C26H33N3O5. The summed E-state index contributed by atoms with van der Waals surface area (Å²) in [5, 5.41) is 5.40. The lowest BCUT2D eigenvalue weighted by Crippen LogP contribution is -2.32. The number of nitrogens with zero attached hydrogens (tertiary/aromatic N) is 1. The highest BCUT2D eigenvalue weighted by molar-refractivity contribution is 5.95. The quantitative estimate of drug-likeness (QED) is 0.582. The topological polar surface area (TPSA) is 97.0 Å². The molecule has 0 unspecified atom stereocenters. The van der Waals surface area contributed by atoms with Gasteiger partial charge in [-0.25, -0.2) is 9.59 Å². The van der Waals surface area contributed by atoms with Gasteiger partial charge in [-0.1, -0.05) is 12.1 Å². The van der Waals surface area contributed by atoms with Crippen LogP contribution in [0.15, 0.2) is 48.5 Å². The van der Waals surface area contributed by atoms with E-state index in [-0.39, 0.29) is 13.2 Å². The Balaban J connectivity index is 1.41. The summed E-state index contributed by atoms with van der Waals surface area (Å²) in [6.45, 7) is 7.38. The smallest absolute Gasteiger partial charge is 0.407 e. The van der Waals surface area contributed by atoms with Gasteiger partial charge in [-0.3, -0.25) is 4.79 Å². The summed E-state index contributed by atoms with van der Waals surface area (Å²) in [5.74, 6) is -1.00.